The summed E-state index contributed by atoms with van der Waals surface area (Å²) < 4.78 is 11.4. The molecule has 0 bridgehead atoms. The predicted octanol–water partition coefficient (Wildman–Crippen LogP) is 3.11. The molecule has 1 aromatic heterocycles. The molecule has 1 aromatic carbocycles. The van der Waals surface area contributed by atoms with Gasteiger partial charge in [-0.05, 0) is 50.7 Å². The molecule has 1 aliphatic heterocycles. The van der Waals surface area contributed by atoms with Gasteiger partial charge in [-0.2, -0.15) is 0 Å². The monoisotopic (exact) mass is 369 g/mol. The number of carbonyl (C=O) groups excluding carboxylic acids is 1. The Morgan fingerprint density at radius 3 is 3.00 bits per heavy atom. The number of rotatable bonds is 4. The summed E-state index contributed by atoms with van der Waals surface area (Å²) in [7, 11) is 0. The van der Waals surface area contributed by atoms with Crippen LogP contribution in [0.1, 0.15) is 41.0 Å². The van der Waals surface area contributed by atoms with Gasteiger partial charge in [0, 0.05) is 18.7 Å². The normalized spacial score (nSPS) is 21.5. The second kappa shape index (κ2) is 7.35. The first-order chi connectivity index (χ1) is 13.1. The molecule has 1 unspecified atom stereocenters. The Bertz CT molecular complexity index is 808. The number of carbonyl (C=O) groups is 1. The van der Waals surface area contributed by atoms with Crippen molar-refractivity contribution in [1.29, 1.82) is 0 Å². The molecule has 2 aliphatic rings. The van der Waals surface area contributed by atoms with E-state index in [-0.39, 0.29) is 11.6 Å². The highest BCUT2D eigenvalue weighted by molar-refractivity contribution is 5.74. The highest BCUT2D eigenvalue weighted by atomic mass is 16.5. The first-order valence-corrected chi connectivity index (χ1v) is 9.76. The fourth-order valence-electron chi connectivity index (χ4n) is 4.36. The van der Waals surface area contributed by atoms with Crippen LogP contribution in [0.5, 0.6) is 0 Å². The Kier molecular flexibility index (Phi) is 4.91. The average Bonchev–Trinajstić information content (AvgIpc) is 3.20. The predicted molar refractivity (Wildman–Crippen MR) is 102 cm³/mol. The number of ether oxygens (including phenoxy) is 1. The zero-order chi connectivity index (χ0) is 18.9. The zero-order valence-corrected chi connectivity index (χ0v) is 16.1. The molecule has 0 saturated carbocycles. The van der Waals surface area contributed by atoms with Crippen LogP contribution in [-0.4, -0.2) is 42.3 Å². The lowest BCUT2D eigenvalue weighted by molar-refractivity contribution is -0.101. The van der Waals surface area contributed by atoms with Gasteiger partial charge in [0.05, 0.1) is 18.8 Å². The van der Waals surface area contributed by atoms with E-state index in [0.29, 0.717) is 26.2 Å². The van der Waals surface area contributed by atoms with E-state index in [2.05, 4.69) is 34.7 Å². The minimum Gasteiger partial charge on any atom is -0.367 e. The Morgan fingerprint density at radius 2 is 2.19 bits per heavy atom. The van der Waals surface area contributed by atoms with Crippen LogP contribution >= 0.6 is 0 Å². The zero-order valence-electron chi connectivity index (χ0n) is 16.1. The topological polar surface area (TPSA) is 67.6 Å². The van der Waals surface area contributed by atoms with Crippen LogP contribution in [0, 0.1) is 13.8 Å². The van der Waals surface area contributed by atoms with Gasteiger partial charge >= 0.3 is 6.03 Å². The van der Waals surface area contributed by atoms with Gasteiger partial charge in [-0.1, -0.05) is 29.4 Å². The molecule has 1 saturated heterocycles. The van der Waals surface area contributed by atoms with Gasteiger partial charge in [0.2, 0.25) is 0 Å². The minimum absolute atomic E-state index is 0.000758. The number of amides is 2. The maximum Gasteiger partial charge on any atom is 0.317 e. The van der Waals surface area contributed by atoms with E-state index < -0.39 is 0 Å². The van der Waals surface area contributed by atoms with Gasteiger partial charge < -0.3 is 19.5 Å². The third-order valence-corrected chi connectivity index (χ3v) is 5.84. The van der Waals surface area contributed by atoms with Crippen molar-refractivity contribution >= 4 is 6.03 Å². The summed E-state index contributed by atoms with van der Waals surface area (Å²) >= 11 is 0. The highest BCUT2D eigenvalue weighted by Crippen LogP contribution is 2.42. The van der Waals surface area contributed by atoms with Gasteiger partial charge in [0.15, 0.2) is 0 Å². The number of urea groups is 1. The van der Waals surface area contributed by atoms with Crippen molar-refractivity contribution in [2.24, 2.45) is 0 Å². The second-order valence-electron chi connectivity index (χ2n) is 7.56. The largest absolute Gasteiger partial charge is 0.367 e. The van der Waals surface area contributed by atoms with Gasteiger partial charge in [0.25, 0.3) is 0 Å². The summed E-state index contributed by atoms with van der Waals surface area (Å²) in [5.74, 6) is 0.869. The Labute approximate surface area is 159 Å². The molecule has 0 radical (unpaired) electrons. The number of hydrogen-bond acceptors (Lipinski definition) is 4. The molecule has 144 valence electrons. The fourth-order valence-corrected chi connectivity index (χ4v) is 4.36. The number of fused-ring (bicyclic) bond motifs is 2. The van der Waals surface area contributed by atoms with Gasteiger partial charge in [-0.3, -0.25) is 0 Å². The SMILES string of the molecule is Cc1noc(C)c1CCCNC(=O)N1CCOC2(CCc3ccccc32)C1. The lowest BCUT2D eigenvalue weighted by Crippen LogP contribution is -2.53. The van der Waals surface area contributed by atoms with Crippen LogP contribution in [0.15, 0.2) is 28.8 Å². The molecule has 1 fully saturated rings. The molecular formula is C21H27N3O3. The first kappa shape index (κ1) is 18.0. The van der Waals surface area contributed by atoms with Crippen LogP contribution in [0.2, 0.25) is 0 Å². The summed E-state index contributed by atoms with van der Waals surface area (Å²) in [6, 6.07) is 8.45. The minimum atomic E-state index is -0.330. The van der Waals surface area contributed by atoms with Crippen molar-refractivity contribution in [3.05, 3.63) is 52.4 Å². The van der Waals surface area contributed by atoms with Crippen LogP contribution in [-0.2, 0) is 23.2 Å². The Hall–Kier alpha value is -2.34. The number of benzene rings is 1. The summed E-state index contributed by atoms with van der Waals surface area (Å²) in [6.07, 6.45) is 3.69. The lowest BCUT2D eigenvalue weighted by Gasteiger charge is -2.41. The lowest BCUT2D eigenvalue weighted by atomic mass is 9.94. The van der Waals surface area contributed by atoms with Gasteiger partial charge in [-0.25, -0.2) is 4.79 Å². The molecule has 1 aliphatic carbocycles. The molecule has 6 heteroatoms. The van der Waals surface area contributed by atoms with Crippen LogP contribution in [0.25, 0.3) is 0 Å². The molecule has 6 nitrogen and oxygen atoms in total. The number of aryl methyl sites for hydroxylation is 3. The first-order valence-electron chi connectivity index (χ1n) is 9.76. The van der Waals surface area contributed by atoms with Crippen molar-refractivity contribution in [1.82, 2.24) is 15.4 Å². The van der Waals surface area contributed by atoms with Crippen molar-refractivity contribution in [3.8, 4) is 0 Å². The van der Waals surface area contributed by atoms with Crippen LogP contribution in [0.4, 0.5) is 4.79 Å². The van der Waals surface area contributed by atoms with E-state index in [1.807, 2.05) is 18.7 Å². The third kappa shape index (κ3) is 3.46. The van der Waals surface area contributed by atoms with E-state index in [0.717, 1.165) is 42.7 Å². The Morgan fingerprint density at radius 1 is 1.33 bits per heavy atom. The molecule has 4 rings (SSSR count). The molecule has 2 heterocycles. The van der Waals surface area contributed by atoms with E-state index in [4.69, 9.17) is 9.26 Å². The van der Waals surface area contributed by atoms with E-state index in [1.54, 1.807) is 0 Å². The summed E-state index contributed by atoms with van der Waals surface area (Å²) in [5, 5.41) is 7.04. The molecule has 2 amide bonds. The molecule has 1 spiro atoms. The number of nitrogens with zero attached hydrogens (tertiary/aromatic N) is 2. The van der Waals surface area contributed by atoms with E-state index in [1.165, 1.54) is 11.1 Å². The Balaban J connectivity index is 1.32. The maximum absolute atomic E-state index is 12.7. The average molecular weight is 369 g/mol. The van der Waals surface area contributed by atoms with Crippen molar-refractivity contribution < 1.29 is 14.1 Å². The smallest absolute Gasteiger partial charge is 0.317 e. The summed E-state index contributed by atoms with van der Waals surface area (Å²) in [6.45, 7) is 6.38. The summed E-state index contributed by atoms with van der Waals surface area (Å²) in [4.78, 5) is 14.6. The third-order valence-electron chi connectivity index (χ3n) is 5.84. The molecule has 27 heavy (non-hydrogen) atoms. The number of aromatic nitrogens is 1. The number of morpholine rings is 1. The molecule has 1 atom stereocenters. The molecule has 2 aromatic rings. The van der Waals surface area contributed by atoms with Crippen molar-refractivity contribution in [2.75, 3.05) is 26.2 Å². The van der Waals surface area contributed by atoms with E-state index >= 15 is 0 Å². The van der Waals surface area contributed by atoms with Gasteiger partial charge in [-0.15, -0.1) is 0 Å². The van der Waals surface area contributed by atoms with E-state index in [9.17, 15) is 4.79 Å². The fraction of sp³-hybridized carbons (Fsp3) is 0.524. The maximum atomic E-state index is 12.7. The molecular weight excluding hydrogens is 342 g/mol. The molecule has 1 N–H and O–H groups in total. The van der Waals surface area contributed by atoms with Gasteiger partial charge in [0.1, 0.15) is 11.4 Å². The highest BCUT2D eigenvalue weighted by Gasteiger charge is 2.44. The van der Waals surface area contributed by atoms with Crippen LogP contribution < -0.4 is 5.32 Å². The quantitative estimate of drug-likeness (QED) is 0.841. The summed E-state index contributed by atoms with van der Waals surface area (Å²) in [5.41, 5.74) is 4.36. The second-order valence-corrected chi connectivity index (χ2v) is 7.56. The standard InChI is InChI=1S/C21H27N3O3/c1-15-18(16(2)27-23-15)7-5-11-22-20(25)24-12-13-26-21(14-24)10-9-17-6-3-4-8-19(17)21/h3-4,6,8H,5,7,9-14H2,1-2H3,(H,22,25). The number of nitrogens with one attached hydrogen (secondary N) is 1. The van der Waals surface area contributed by atoms with Crippen LogP contribution in [0.3, 0.4) is 0 Å². The van der Waals surface area contributed by atoms with Crippen molar-refractivity contribution in [3.63, 3.8) is 0 Å². The number of hydrogen-bond donors (Lipinski definition) is 1. The van der Waals surface area contributed by atoms with Crippen molar-refractivity contribution in [2.45, 2.75) is 45.1 Å².